The number of fused-ring (bicyclic) bond motifs is 1. The monoisotopic (exact) mass is 545 g/mol. The number of allylic oxidation sites excluding steroid dienone is 10. The number of nitrogens with one attached hydrogen (secondary N) is 1. The van der Waals surface area contributed by atoms with Crippen LogP contribution in [-0.4, -0.2) is 21.3 Å². The number of nitroso groups, excluding NO2 is 1. The molecule has 0 saturated heterocycles. The first-order chi connectivity index (χ1) is 19.0. The number of benzene rings is 1. The van der Waals surface area contributed by atoms with Gasteiger partial charge in [0.05, 0.1) is 11.5 Å². The highest BCUT2D eigenvalue weighted by atomic mass is 16.3. The number of aromatic amines is 1. The third-order valence-corrected chi connectivity index (χ3v) is 7.23. The number of nitrogens with zero attached hydrogens (tertiary/aromatic N) is 3. The summed E-state index contributed by atoms with van der Waals surface area (Å²) >= 11 is 0. The smallest absolute Gasteiger partial charge is 0.330 e. The van der Waals surface area contributed by atoms with E-state index in [9.17, 15) is 9.70 Å². The highest BCUT2D eigenvalue weighted by Gasteiger charge is 2.35. The Labute approximate surface area is 239 Å². The van der Waals surface area contributed by atoms with E-state index in [0.717, 1.165) is 53.6 Å². The van der Waals surface area contributed by atoms with Gasteiger partial charge in [0.1, 0.15) is 11.9 Å². The Morgan fingerprint density at radius 2 is 1.90 bits per heavy atom. The summed E-state index contributed by atoms with van der Waals surface area (Å²) in [7, 11) is 0. The molecule has 0 amide bonds. The number of H-pyrrole nitrogens is 1. The fourth-order valence-electron chi connectivity index (χ4n) is 4.68. The number of aryl methyl sites for hydroxylation is 1. The number of nitrogens with two attached hydrogens (primary N) is 1. The fourth-order valence-corrected chi connectivity index (χ4v) is 4.68. The minimum absolute atomic E-state index is 0.201. The van der Waals surface area contributed by atoms with Crippen LogP contribution in [0.15, 0.2) is 87.4 Å². The molecule has 216 valence electrons. The van der Waals surface area contributed by atoms with Gasteiger partial charge in [0.2, 0.25) is 0 Å². The molecular weight excluding hydrogens is 498 g/mol. The molecule has 3 N–H and O–H groups in total. The summed E-state index contributed by atoms with van der Waals surface area (Å²) in [5, 5.41) is 8.02. The van der Waals surface area contributed by atoms with Crippen molar-refractivity contribution in [2.75, 3.05) is 6.54 Å². The van der Waals surface area contributed by atoms with E-state index in [2.05, 4.69) is 61.3 Å². The van der Waals surface area contributed by atoms with Crippen molar-refractivity contribution in [3.63, 3.8) is 0 Å². The molecule has 40 heavy (non-hydrogen) atoms. The zero-order valence-corrected chi connectivity index (χ0v) is 25.5. The van der Waals surface area contributed by atoms with Crippen LogP contribution in [0.3, 0.4) is 0 Å². The first-order valence-corrected chi connectivity index (χ1v) is 14.2. The minimum Gasteiger partial charge on any atom is -0.330 e. The Bertz CT molecular complexity index is 1350. The summed E-state index contributed by atoms with van der Waals surface area (Å²) < 4.78 is 1.51. The van der Waals surface area contributed by atoms with Crippen molar-refractivity contribution in [2.24, 2.45) is 10.9 Å². The van der Waals surface area contributed by atoms with Gasteiger partial charge < -0.3 is 5.73 Å². The van der Waals surface area contributed by atoms with E-state index < -0.39 is 11.5 Å². The maximum Gasteiger partial charge on any atom is 0.343 e. The minimum atomic E-state index is -0.655. The van der Waals surface area contributed by atoms with Crippen molar-refractivity contribution in [3.8, 4) is 0 Å². The lowest BCUT2D eigenvalue weighted by atomic mass is 9.78. The Morgan fingerprint density at radius 1 is 1.20 bits per heavy atom. The zero-order chi connectivity index (χ0) is 29.9. The summed E-state index contributed by atoms with van der Waals surface area (Å²) in [4.78, 5) is 27.3. The van der Waals surface area contributed by atoms with Crippen molar-refractivity contribution in [2.45, 2.75) is 92.2 Å². The van der Waals surface area contributed by atoms with Crippen molar-refractivity contribution < 1.29 is 0 Å². The lowest BCUT2D eigenvalue weighted by Gasteiger charge is -2.26. The van der Waals surface area contributed by atoms with Crippen LogP contribution in [0.2, 0.25) is 0 Å². The number of hydrogen-bond acceptors (Lipinski definition) is 5. The van der Waals surface area contributed by atoms with E-state index in [4.69, 9.17) is 10.8 Å². The summed E-state index contributed by atoms with van der Waals surface area (Å²) in [6.45, 7) is 16.8. The number of aromatic nitrogens is 3. The molecule has 3 unspecified atom stereocenters. The molecule has 1 aliphatic carbocycles. The molecule has 3 rings (SSSR count). The van der Waals surface area contributed by atoms with Crippen LogP contribution in [0.1, 0.15) is 103 Å². The van der Waals surface area contributed by atoms with Crippen molar-refractivity contribution in [3.05, 3.63) is 115 Å². The molecule has 1 aliphatic rings. The van der Waals surface area contributed by atoms with Gasteiger partial charge in [0.25, 0.3) is 0 Å². The van der Waals surface area contributed by atoms with E-state index in [1.54, 1.807) is 6.92 Å². The van der Waals surface area contributed by atoms with Crippen LogP contribution in [0, 0.1) is 4.91 Å². The first kappa shape index (κ1) is 32.6. The lowest BCUT2D eigenvalue weighted by Crippen LogP contribution is -2.25. The van der Waals surface area contributed by atoms with Crippen LogP contribution in [0.5, 0.6) is 0 Å². The molecule has 3 atom stereocenters. The normalized spacial score (nSPS) is 19.5. The van der Waals surface area contributed by atoms with Gasteiger partial charge in [0, 0.05) is 0 Å². The standard InChI is InChI=1S/C30H38N4O2.C3H9N/c1-8-10-21(4)17-24-13-14-26-18-25(23(6)33-36)15-16-27(26)30(7,19-24)28-31-29(35)34(32-28)22(5)12-11-20(3)9-2;1-2-3-4/h8-12,15-19,22-23H,13-14H2,1-7H3,(H,31,32,35);2-4H2,1H3/b10-8-,12-11-,20-9-,21-17-;. The van der Waals surface area contributed by atoms with Crippen LogP contribution >= 0.6 is 0 Å². The molecular formula is C33H47N5O2. The highest BCUT2D eigenvalue weighted by Crippen LogP contribution is 2.39. The molecule has 0 radical (unpaired) electrons. The maximum absolute atomic E-state index is 13.0. The topological polar surface area (TPSA) is 106 Å². The number of hydrogen-bond donors (Lipinski definition) is 2. The quantitative estimate of drug-likeness (QED) is 0.251. The molecule has 0 aliphatic heterocycles. The Morgan fingerprint density at radius 3 is 2.50 bits per heavy atom. The summed E-state index contributed by atoms with van der Waals surface area (Å²) in [6.07, 6.45) is 17.3. The molecule has 1 aromatic carbocycles. The second kappa shape index (κ2) is 15.3. The van der Waals surface area contributed by atoms with Gasteiger partial charge in [-0.3, -0.25) is 4.98 Å². The van der Waals surface area contributed by atoms with Crippen LogP contribution in [-0.2, 0) is 11.8 Å². The first-order valence-electron chi connectivity index (χ1n) is 14.2. The predicted octanol–water partition coefficient (Wildman–Crippen LogP) is 7.54. The Balaban J connectivity index is 0.00000131. The molecule has 7 nitrogen and oxygen atoms in total. The zero-order valence-electron chi connectivity index (χ0n) is 25.5. The van der Waals surface area contributed by atoms with Crippen LogP contribution < -0.4 is 11.4 Å². The predicted molar refractivity (Wildman–Crippen MR) is 168 cm³/mol. The van der Waals surface area contributed by atoms with Crippen LogP contribution in [0.25, 0.3) is 0 Å². The molecule has 0 bridgehead atoms. The van der Waals surface area contributed by atoms with Gasteiger partial charge in [0.15, 0.2) is 0 Å². The van der Waals surface area contributed by atoms with E-state index in [1.807, 2.05) is 58.1 Å². The van der Waals surface area contributed by atoms with Gasteiger partial charge in [-0.1, -0.05) is 89.6 Å². The Kier molecular flexibility index (Phi) is 12.5. The van der Waals surface area contributed by atoms with Crippen LogP contribution in [0.4, 0.5) is 0 Å². The summed E-state index contributed by atoms with van der Waals surface area (Å²) in [5.74, 6) is 0.600. The average molecular weight is 546 g/mol. The fraction of sp³-hybridized carbons (Fsp3) is 0.455. The van der Waals surface area contributed by atoms with Gasteiger partial charge in [-0.15, -0.1) is 0 Å². The van der Waals surface area contributed by atoms with Crippen molar-refractivity contribution in [1.82, 2.24) is 14.8 Å². The second-order valence-electron chi connectivity index (χ2n) is 10.7. The van der Waals surface area contributed by atoms with Crippen molar-refractivity contribution in [1.29, 1.82) is 0 Å². The molecule has 0 spiro atoms. The lowest BCUT2D eigenvalue weighted by molar-refractivity contribution is 0.541. The highest BCUT2D eigenvalue weighted by molar-refractivity contribution is 5.50. The largest absolute Gasteiger partial charge is 0.343 e. The van der Waals surface area contributed by atoms with E-state index in [0.29, 0.717) is 5.82 Å². The molecule has 1 aromatic heterocycles. The molecule has 2 aromatic rings. The Hall–Kier alpha value is -3.58. The average Bonchev–Trinajstić information content (AvgIpc) is 3.29. The molecule has 0 fully saturated rings. The summed E-state index contributed by atoms with van der Waals surface area (Å²) in [6, 6.07) is 5.49. The van der Waals surface area contributed by atoms with E-state index >= 15 is 0 Å². The maximum atomic E-state index is 13.0. The SMILES string of the molecule is C/C=C\C(C)=C/C1=CC(C)(c2nn(C(C)/C=C\C(C)=C/C)c(=O)[nH]2)c2ccc(C(C)N=O)cc2CC1.CCCN. The second-order valence-corrected chi connectivity index (χ2v) is 10.7. The van der Waals surface area contributed by atoms with Gasteiger partial charge in [-0.2, -0.15) is 10.0 Å². The molecule has 0 saturated carbocycles. The number of rotatable bonds is 9. The molecule has 7 heteroatoms. The summed E-state index contributed by atoms with van der Waals surface area (Å²) in [5.41, 5.74) is 10.7. The third kappa shape index (κ3) is 8.21. The van der Waals surface area contributed by atoms with Gasteiger partial charge >= 0.3 is 5.69 Å². The molecule has 1 heterocycles. The van der Waals surface area contributed by atoms with Crippen molar-refractivity contribution >= 4 is 0 Å². The van der Waals surface area contributed by atoms with Gasteiger partial charge in [-0.25, -0.2) is 9.48 Å². The van der Waals surface area contributed by atoms with E-state index in [-0.39, 0.29) is 11.7 Å². The third-order valence-electron chi connectivity index (χ3n) is 7.23. The van der Waals surface area contributed by atoms with E-state index in [1.165, 1.54) is 10.3 Å². The van der Waals surface area contributed by atoms with Gasteiger partial charge in [-0.05, 0) is 91.0 Å².